The fraction of sp³-hybridized carbons (Fsp3) is 0. The molecule has 0 amide bonds. The van der Waals surface area contributed by atoms with Gasteiger partial charge in [0.25, 0.3) is 60.7 Å². The van der Waals surface area contributed by atoms with E-state index in [1.165, 1.54) is 0 Å². The van der Waals surface area contributed by atoms with Gasteiger partial charge in [0, 0.05) is 11.1 Å². The van der Waals surface area contributed by atoms with E-state index in [1.54, 1.807) is 0 Å². The highest BCUT2D eigenvalue weighted by Crippen LogP contribution is 2.47. The summed E-state index contributed by atoms with van der Waals surface area (Å²) in [5.74, 6) is 0. The second-order valence-corrected chi connectivity index (χ2v) is 16.4. The van der Waals surface area contributed by atoms with E-state index in [9.17, 15) is 77.8 Å². The lowest BCUT2D eigenvalue weighted by Crippen LogP contribution is -2.17. The monoisotopic (exact) mass is 790 g/mol. The van der Waals surface area contributed by atoms with Gasteiger partial charge in [-0.3, -0.25) is 27.3 Å². The van der Waals surface area contributed by atoms with Gasteiger partial charge in [-0.05, 0) is 44.0 Å². The number of benzene rings is 2. The molecule has 2 rings (SSSR count). The fourth-order valence-corrected chi connectivity index (χ4v) is 11.8. The van der Waals surface area contributed by atoms with Crippen molar-refractivity contribution in [1.82, 2.24) is 0 Å². The molecule has 0 aliphatic rings. The molecule has 2 aromatic rings. The van der Waals surface area contributed by atoms with Crippen molar-refractivity contribution in [3.8, 4) is 11.1 Å². The lowest BCUT2D eigenvalue weighted by atomic mass is 10.1. The van der Waals surface area contributed by atoms with Crippen LogP contribution in [0.15, 0.2) is 50.5 Å². The third-order valence-electron chi connectivity index (χ3n) is 4.16. The summed E-state index contributed by atoms with van der Waals surface area (Å²) < 4.78 is 199. The third kappa shape index (κ3) is 6.43. The minimum Gasteiger partial charge on any atom is -0.282 e. The molecule has 0 aliphatic heterocycles. The van der Waals surface area contributed by atoms with Crippen molar-refractivity contribution in [2.45, 2.75) is 29.4 Å². The van der Waals surface area contributed by atoms with Gasteiger partial charge in [-0.2, -0.15) is 50.5 Å². The quantitative estimate of drug-likeness (QED) is 0.206. The molecule has 0 aliphatic carbocycles. The van der Waals surface area contributed by atoms with Gasteiger partial charge in [0.2, 0.25) is 0 Å². The predicted octanol–water partition coefficient (Wildman–Crippen LogP) is 0.359. The van der Waals surface area contributed by atoms with Crippen molar-refractivity contribution in [1.29, 1.82) is 0 Å². The minimum atomic E-state index is -6.11. The maximum Gasteiger partial charge on any atom is 0.297 e. The Morgan fingerprint density at radius 2 is 0.605 bits per heavy atom. The Kier molecular flexibility index (Phi) is 8.48. The molecule has 2 aromatic carbocycles. The van der Waals surface area contributed by atoms with Crippen LogP contribution < -0.4 is 0 Å². The highest BCUT2D eigenvalue weighted by atomic mass is 79.9. The van der Waals surface area contributed by atoms with Crippen molar-refractivity contribution in [3.05, 3.63) is 21.1 Å². The van der Waals surface area contributed by atoms with Crippen LogP contribution >= 0.6 is 31.9 Å². The Balaban J connectivity index is 3.73. The molecule has 6 N–H and O–H groups in total. The van der Waals surface area contributed by atoms with E-state index in [2.05, 4.69) is 31.9 Å². The average molecular weight is 792 g/mol. The van der Waals surface area contributed by atoms with Crippen LogP contribution in [0.1, 0.15) is 0 Å². The fourth-order valence-electron chi connectivity index (χ4n) is 2.94. The minimum absolute atomic E-state index is 0.156. The molecule has 0 unspecified atom stereocenters. The highest BCUT2D eigenvalue weighted by molar-refractivity contribution is 9.10. The van der Waals surface area contributed by atoms with Crippen molar-refractivity contribution < 1.29 is 77.8 Å². The summed E-state index contributed by atoms with van der Waals surface area (Å²) in [4.78, 5) is -12.0. The number of halogens is 2. The summed E-state index contributed by atoms with van der Waals surface area (Å²) in [6.45, 7) is 0. The number of hydrogen-bond donors (Lipinski definition) is 6. The molecule has 0 aromatic heterocycles. The molecular weight excluding hydrogens is 784 g/mol. The molecule has 18 nitrogen and oxygen atoms in total. The first kappa shape index (κ1) is 33.1. The van der Waals surface area contributed by atoms with Gasteiger partial charge in [-0.1, -0.05) is 0 Å². The smallest absolute Gasteiger partial charge is 0.282 e. The summed E-state index contributed by atoms with van der Waals surface area (Å²) in [5.41, 5.74) is -3.63. The largest absolute Gasteiger partial charge is 0.297 e. The van der Waals surface area contributed by atoms with E-state index in [0.29, 0.717) is 0 Å². The summed E-state index contributed by atoms with van der Waals surface area (Å²) in [5, 5.41) is 0. The van der Waals surface area contributed by atoms with Gasteiger partial charge in [-0.25, -0.2) is 0 Å². The molecular formula is C12H8Br2O18S6. The molecule has 0 heterocycles. The van der Waals surface area contributed by atoms with Crippen LogP contribution in [-0.2, 0) is 60.7 Å². The first-order chi connectivity index (χ1) is 16.5. The third-order valence-corrected chi connectivity index (χ3v) is 12.6. The van der Waals surface area contributed by atoms with E-state index in [4.69, 9.17) is 0 Å². The van der Waals surface area contributed by atoms with Gasteiger partial charge in [0.05, 0.1) is 8.95 Å². The van der Waals surface area contributed by atoms with Crippen LogP contribution in [0.25, 0.3) is 11.1 Å². The summed E-state index contributed by atoms with van der Waals surface area (Å²) in [6.07, 6.45) is 0. The zero-order valence-corrected chi connectivity index (χ0v) is 25.0. The Labute approximate surface area is 230 Å². The van der Waals surface area contributed by atoms with Crippen LogP contribution in [0.5, 0.6) is 0 Å². The molecule has 26 heteroatoms. The second-order valence-electron chi connectivity index (χ2n) is 6.64. The first-order valence-electron chi connectivity index (χ1n) is 8.10. The highest BCUT2D eigenvalue weighted by Gasteiger charge is 2.40. The maximum atomic E-state index is 12.2. The SMILES string of the molecule is O=S(=O)(O)c1cc(-c2cc(S(=O)(=O)O)c(Br)c(S(=O)(=O)O)c2S(=O)(=O)O)c(S(=O)(=O)O)c(S(=O)(=O)O)c1Br. The van der Waals surface area contributed by atoms with Gasteiger partial charge in [0.15, 0.2) is 0 Å². The Bertz CT molecular complexity index is 1910. The zero-order chi connectivity index (χ0) is 30.2. The zero-order valence-electron chi connectivity index (χ0n) is 16.9. The normalized spacial score (nSPS) is 14.0. The lowest BCUT2D eigenvalue weighted by molar-refractivity contribution is 0.462. The maximum absolute atomic E-state index is 12.2. The molecule has 0 radical (unpaired) electrons. The molecule has 0 bridgehead atoms. The van der Waals surface area contributed by atoms with Crippen LogP contribution in [0.2, 0.25) is 0 Å². The Morgan fingerprint density at radius 1 is 0.395 bits per heavy atom. The van der Waals surface area contributed by atoms with Crippen LogP contribution in [0.3, 0.4) is 0 Å². The molecule has 0 atom stereocenters. The molecule has 0 saturated heterocycles. The summed E-state index contributed by atoms with van der Waals surface area (Å²) >= 11 is 4.53. The van der Waals surface area contributed by atoms with E-state index in [-0.39, 0.29) is 12.1 Å². The summed E-state index contributed by atoms with van der Waals surface area (Å²) in [7, 11) is -35.6. The molecule has 0 fully saturated rings. The van der Waals surface area contributed by atoms with Crippen molar-refractivity contribution >= 4 is 92.6 Å². The van der Waals surface area contributed by atoms with E-state index < -0.39 is 110 Å². The number of rotatable bonds is 7. The average Bonchev–Trinajstić information content (AvgIpc) is 2.61. The van der Waals surface area contributed by atoms with Crippen LogP contribution in [0, 0.1) is 0 Å². The summed E-state index contributed by atoms with van der Waals surface area (Å²) in [6, 6.07) is -0.312. The Morgan fingerprint density at radius 3 is 0.763 bits per heavy atom. The van der Waals surface area contributed by atoms with Crippen molar-refractivity contribution in [2.24, 2.45) is 0 Å². The van der Waals surface area contributed by atoms with E-state index >= 15 is 0 Å². The molecule has 214 valence electrons. The standard InChI is InChI=1S/C12H8Br2O18S6/c13-7-5(33(15,16)17)1-3(9(35(21,22)23)11(7)37(27,28)29)4-2-6(34(18,19)20)8(14)12(38(30,31)32)10(4)36(24,25)26/h1-2H,(H,15,16,17)(H,18,19,20)(H,21,22,23)(H,24,25,26)(H,27,28,29)(H,30,31,32). The van der Waals surface area contributed by atoms with Crippen molar-refractivity contribution in [2.75, 3.05) is 0 Å². The molecule has 0 spiro atoms. The molecule has 38 heavy (non-hydrogen) atoms. The first-order valence-corrected chi connectivity index (χ1v) is 18.3. The lowest BCUT2D eigenvalue weighted by Gasteiger charge is -2.19. The predicted molar refractivity (Wildman–Crippen MR) is 126 cm³/mol. The van der Waals surface area contributed by atoms with E-state index in [1.807, 2.05) is 0 Å². The topological polar surface area (TPSA) is 326 Å². The van der Waals surface area contributed by atoms with Crippen molar-refractivity contribution in [3.63, 3.8) is 0 Å². The van der Waals surface area contributed by atoms with Crippen LogP contribution in [-0.4, -0.2) is 77.8 Å². The van der Waals surface area contributed by atoms with Gasteiger partial charge >= 0.3 is 0 Å². The van der Waals surface area contributed by atoms with Gasteiger partial charge in [-0.15, -0.1) is 0 Å². The van der Waals surface area contributed by atoms with Gasteiger partial charge in [0.1, 0.15) is 29.4 Å². The van der Waals surface area contributed by atoms with E-state index in [0.717, 1.165) is 0 Å². The van der Waals surface area contributed by atoms with Gasteiger partial charge < -0.3 is 0 Å². The molecule has 0 saturated carbocycles. The van der Waals surface area contributed by atoms with Crippen LogP contribution in [0.4, 0.5) is 0 Å². The second kappa shape index (κ2) is 9.75. The number of hydrogen-bond acceptors (Lipinski definition) is 12. The Hall–Kier alpha value is -1.14.